The van der Waals surface area contributed by atoms with Gasteiger partial charge in [0, 0.05) is 32.1 Å². The second kappa shape index (κ2) is 10.9. The Morgan fingerprint density at radius 1 is 1.23 bits per heavy atom. The first-order valence-electron chi connectivity index (χ1n) is 11.6. The molecule has 30 heavy (non-hydrogen) atoms. The molecule has 5 heteroatoms. The Labute approximate surface area is 180 Å². The van der Waals surface area contributed by atoms with Gasteiger partial charge in [-0.2, -0.15) is 0 Å². The van der Waals surface area contributed by atoms with Gasteiger partial charge in [-0.05, 0) is 56.4 Å². The van der Waals surface area contributed by atoms with Crippen LogP contribution in [0.5, 0.6) is 5.75 Å². The SMILES string of the molecule is CCCC[C@H](CC)C(=O)N(C1CC1)C(C)c1cc(OCCCOC)c2ccoc2c1. The van der Waals surface area contributed by atoms with Crippen LogP contribution in [-0.4, -0.2) is 37.2 Å². The molecule has 166 valence electrons. The Morgan fingerprint density at radius 3 is 2.70 bits per heavy atom. The molecule has 0 spiro atoms. The van der Waals surface area contributed by atoms with E-state index < -0.39 is 0 Å². The van der Waals surface area contributed by atoms with E-state index in [9.17, 15) is 4.79 Å². The van der Waals surface area contributed by atoms with Crippen LogP contribution in [0.2, 0.25) is 0 Å². The number of carbonyl (C=O) groups excluding carboxylic acids is 1. The van der Waals surface area contributed by atoms with Crippen LogP contribution in [0.3, 0.4) is 0 Å². The zero-order chi connectivity index (χ0) is 21.5. The van der Waals surface area contributed by atoms with Crippen LogP contribution in [0.1, 0.15) is 77.3 Å². The average molecular weight is 416 g/mol. The van der Waals surface area contributed by atoms with Crippen molar-refractivity contribution in [3.05, 3.63) is 30.0 Å². The van der Waals surface area contributed by atoms with Gasteiger partial charge in [-0.25, -0.2) is 0 Å². The number of benzene rings is 1. The highest BCUT2D eigenvalue weighted by Gasteiger charge is 2.38. The van der Waals surface area contributed by atoms with Crippen molar-refractivity contribution in [3.63, 3.8) is 0 Å². The molecule has 0 bridgehead atoms. The van der Waals surface area contributed by atoms with E-state index in [4.69, 9.17) is 13.9 Å². The second-order valence-electron chi connectivity index (χ2n) is 8.45. The van der Waals surface area contributed by atoms with E-state index in [1.54, 1.807) is 13.4 Å². The van der Waals surface area contributed by atoms with Crippen LogP contribution >= 0.6 is 0 Å². The molecular weight excluding hydrogens is 378 g/mol. The van der Waals surface area contributed by atoms with E-state index in [0.29, 0.717) is 25.2 Å². The maximum absolute atomic E-state index is 13.5. The van der Waals surface area contributed by atoms with Crippen molar-refractivity contribution in [2.75, 3.05) is 20.3 Å². The molecule has 0 radical (unpaired) electrons. The first kappa shape index (κ1) is 22.7. The number of hydrogen-bond acceptors (Lipinski definition) is 4. The van der Waals surface area contributed by atoms with Crippen LogP contribution < -0.4 is 4.74 Å². The van der Waals surface area contributed by atoms with Gasteiger partial charge in [0.15, 0.2) is 0 Å². The van der Waals surface area contributed by atoms with Crippen molar-refractivity contribution in [1.29, 1.82) is 0 Å². The molecule has 0 N–H and O–H groups in total. The van der Waals surface area contributed by atoms with Crippen LogP contribution in [-0.2, 0) is 9.53 Å². The zero-order valence-electron chi connectivity index (χ0n) is 19.0. The summed E-state index contributed by atoms with van der Waals surface area (Å²) in [6.45, 7) is 7.72. The number of fused-ring (bicyclic) bond motifs is 1. The summed E-state index contributed by atoms with van der Waals surface area (Å²) >= 11 is 0. The first-order chi connectivity index (χ1) is 14.6. The van der Waals surface area contributed by atoms with Gasteiger partial charge in [0.2, 0.25) is 5.91 Å². The third-order valence-electron chi connectivity index (χ3n) is 6.15. The molecule has 1 aromatic carbocycles. The fourth-order valence-corrected chi connectivity index (χ4v) is 4.17. The lowest BCUT2D eigenvalue weighted by molar-refractivity contribution is -0.138. The van der Waals surface area contributed by atoms with Gasteiger partial charge in [-0.1, -0.05) is 26.7 Å². The number of furan rings is 1. The number of methoxy groups -OCH3 is 1. The van der Waals surface area contributed by atoms with Gasteiger partial charge in [0.05, 0.1) is 24.3 Å². The highest BCUT2D eigenvalue weighted by atomic mass is 16.5. The maximum atomic E-state index is 13.5. The van der Waals surface area contributed by atoms with Gasteiger partial charge in [-0.15, -0.1) is 0 Å². The number of ether oxygens (including phenoxy) is 2. The van der Waals surface area contributed by atoms with E-state index in [1.165, 1.54) is 0 Å². The molecule has 1 amide bonds. The van der Waals surface area contributed by atoms with Crippen LogP contribution in [0.25, 0.3) is 11.0 Å². The number of nitrogens with zero attached hydrogens (tertiary/aromatic N) is 1. The lowest BCUT2D eigenvalue weighted by atomic mass is 9.95. The van der Waals surface area contributed by atoms with Crippen molar-refractivity contribution in [1.82, 2.24) is 4.90 Å². The third-order valence-corrected chi connectivity index (χ3v) is 6.15. The molecule has 1 heterocycles. The molecule has 5 nitrogen and oxygen atoms in total. The van der Waals surface area contributed by atoms with Crippen molar-refractivity contribution >= 4 is 16.9 Å². The zero-order valence-corrected chi connectivity index (χ0v) is 19.0. The summed E-state index contributed by atoms with van der Waals surface area (Å²) < 4.78 is 16.9. The molecule has 0 aliphatic heterocycles. The van der Waals surface area contributed by atoms with Crippen molar-refractivity contribution in [2.45, 2.75) is 77.8 Å². The number of rotatable bonds is 13. The van der Waals surface area contributed by atoms with Crippen molar-refractivity contribution in [2.24, 2.45) is 5.92 Å². The Hall–Kier alpha value is -2.01. The van der Waals surface area contributed by atoms with E-state index in [2.05, 4.69) is 37.8 Å². The van der Waals surface area contributed by atoms with E-state index in [1.807, 2.05) is 6.07 Å². The fraction of sp³-hybridized carbons (Fsp3) is 0.640. The van der Waals surface area contributed by atoms with E-state index >= 15 is 0 Å². The smallest absolute Gasteiger partial charge is 0.226 e. The van der Waals surface area contributed by atoms with Crippen molar-refractivity contribution in [3.8, 4) is 5.75 Å². The summed E-state index contributed by atoms with van der Waals surface area (Å²) in [5.74, 6) is 1.24. The predicted octanol–water partition coefficient (Wildman–Crippen LogP) is 6.12. The molecule has 1 saturated carbocycles. The third kappa shape index (κ3) is 5.37. The molecule has 3 rings (SSSR count). The Balaban J connectivity index is 1.84. The average Bonchev–Trinajstić information content (AvgIpc) is 3.46. The first-order valence-corrected chi connectivity index (χ1v) is 11.6. The normalized spacial score (nSPS) is 15.9. The summed E-state index contributed by atoms with van der Waals surface area (Å²) in [6.07, 6.45) is 8.84. The minimum absolute atomic E-state index is 0.00324. The van der Waals surface area contributed by atoms with Crippen LogP contribution in [0, 0.1) is 5.92 Å². The minimum Gasteiger partial charge on any atom is -0.493 e. The predicted molar refractivity (Wildman–Crippen MR) is 120 cm³/mol. The molecular formula is C25H37NO4. The summed E-state index contributed by atoms with van der Waals surface area (Å²) in [4.78, 5) is 15.6. The maximum Gasteiger partial charge on any atom is 0.226 e. The molecule has 2 atom stereocenters. The fourth-order valence-electron chi connectivity index (χ4n) is 4.17. The molecule has 1 aromatic heterocycles. The van der Waals surface area contributed by atoms with Gasteiger partial charge in [-0.3, -0.25) is 4.79 Å². The topological polar surface area (TPSA) is 51.9 Å². The minimum atomic E-state index is -0.00324. The largest absolute Gasteiger partial charge is 0.493 e. The highest BCUT2D eigenvalue weighted by molar-refractivity contribution is 5.85. The number of amides is 1. The summed E-state index contributed by atoms with van der Waals surface area (Å²) in [5, 5.41) is 0.974. The number of hydrogen-bond donors (Lipinski definition) is 0. The summed E-state index contributed by atoms with van der Waals surface area (Å²) in [5.41, 5.74) is 1.88. The monoisotopic (exact) mass is 415 g/mol. The van der Waals surface area contributed by atoms with Gasteiger partial charge >= 0.3 is 0 Å². The quantitative estimate of drug-likeness (QED) is 0.370. The Bertz CT molecular complexity index is 811. The van der Waals surface area contributed by atoms with E-state index in [0.717, 1.165) is 67.2 Å². The summed E-state index contributed by atoms with van der Waals surface area (Å²) in [7, 11) is 1.70. The molecule has 1 fully saturated rings. The molecule has 2 aromatic rings. The Kier molecular flexibility index (Phi) is 8.20. The Morgan fingerprint density at radius 2 is 2.03 bits per heavy atom. The highest BCUT2D eigenvalue weighted by Crippen LogP contribution is 2.39. The molecule has 1 aliphatic carbocycles. The van der Waals surface area contributed by atoms with Crippen LogP contribution in [0.15, 0.2) is 28.9 Å². The van der Waals surface area contributed by atoms with Gasteiger partial charge in [0.1, 0.15) is 11.3 Å². The second-order valence-corrected chi connectivity index (χ2v) is 8.45. The molecule has 0 saturated heterocycles. The van der Waals surface area contributed by atoms with Crippen molar-refractivity contribution < 1.29 is 18.7 Å². The lowest BCUT2D eigenvalue weighted by Gasteiger charge is -2.33. The van der Waals surface area contributed by atoms with Gasteiger partial charge < -0.3 is 18.8 Å². The number of carbonyl (C=O) groups is 1. The standard InChI is InChI=1S/C25H37NO4/c1-5-7-9-19(6-2)25(27)26(21-10-11-21)18(3)20-16-23(29-14-8-13-28-4)22-12-15-30-24(22)17-20/h12,15-19,21H,5-11,13-14H2,1-4H3/t18?,19-/m0/s1. The lowest BCUT2D eigenvalue weighted by Crippen LogP contribution is -2.39. The van der Waals surface area contributed by atoms with E-state index in [-0.39, 0.29) is 12.0 Å². The summed E-state index contributed by atoms with van der Waals surface area (Å²) in [6, 6.07) is 6.46. The molecule has 1 unspecified atom stereocenters. The molecule has 1 aliphatic rings. The number of unbranched alkanes of at least 4 members (excludes halogenated alkanes) is 1. The van der Waals surface area contributed by atoms with Crippen LogP contribution in [0.4, 0.5) is 0 Å². The van der Waals surface area contributed by atoms with Gasteiger partial charge in [0.25, 0.3) is 0 Å².